The molecule has 8 nitrogen and oxygen atoms in total. The lowest BCUT2D eigenvalue weighted by Gasteiger charge is -2.35. The van der Waals surface area contributed by atoms with Crippen LogP contribution in [0.15, 0.2) is 59.8 Å². The van der Waals surface area contributed by atoms with Crippen molar-refractivity contribution in [2.75, 3.05) is 58.3 Å². The molecule has 192 valence electrons. The predicted octanol–water partition coefficient (Wildman–Crippen LogP) is 3.62. The molecule has 4 rings (SSSR count). The molecule has 1 atom stereocenters. The summed E-state index contributed by atoms with van der Waals surface area (Å²) in [6, 6.07) is 15.3. The zero-order valence-corrected chi connectivity index (χ0v) is 22.7. The number of anilines is 1. The fourth-order valence-corrected chi connectivity index (χ4v) is 5.65. The Bertz CT molecular complexity index is 1190. The van der Waals surface area contributed by atoms with Gasteiger partial charge in [0.25, 0.3) is 0 Å². The molecular formula is C24H33Cl2N5O3S. The summed E-state index contributed by atoms with van der Waals surface area (Å²) in [7, 11) is 0.155. The number of aromatic nitrogens is 2. The van der Waals surface area contributed by atoms with E-state index in [4.69, 9.17) is 4.74 Å². The molecule has 2 aromatic carbocycles. The van der Waals surface area contributed by atoms with Crippen LogP contribution in [0.2, 0.25) is 0 Å². The molecule has 1 fully saturated rings. The van der Waals surface area contributed by atoms with Crippen LogP contribution in [0, 0.1) is 0 Å². The molecule has 1 aliphatic heterocycles. The normalized spacial score (nSPS) is 15.7. The molecule has 11 heteroatoms. The minimum absolute atomic E-state index is 0. The van der Waals surface area contributed by atoms with Crippen LogP contribution < -0.4 is 4.90 Å². The molecule has 2 heterocycles. The van der Waals surface area contributed by atoms with Gasteiger partial charge in [-0.05, 0) is 30.7 Å². The third-order valence-electron chi connectivity index (χ3n) is 5.94. The SMILES string of the molecule is CCOC(CN1CCN(S(=O)(=O)c2ccc3ncnc(N(C)C)c3c2)CC1)c1ccccc1.Cl.Cl. The maximum absolute atomic E-state index is 13.4. The lowest BCUT2D eigenvalue weighted by atomic mass is 10.1. The third-order valence-corrected chi connectivity index (χ3v) is 7.84. The molecule has 0 bridgehead atoms. The van der Waals surface area contributed by atoms with Crippen LogP contribution in [0.1, 0.15) is 18.6 Å². The molecule has 0 saturated carbocycles. The molecule has 0 aliphatic carbocycles. The Labute approximate surface area is 220 Å². The van der Waals surface area contributed by atoms with E-state index in [1.807, 2.05) is 44.1 Å². The smallest absolute Gasteiger partial charge is 0.243 e. The molecule has 1 aromatic heterocycles. The van der Waals surface area contributed by atoms with E-state index in [0.717, 1.165) is 23.0 Å². The van der Waals surface area contributed by atoms with E-state index in [-0.39, 0.29) is 35.8 Å². The quantitative estimate of drug-likeness (QED) is 0.430. The van der Waals surface area contributed by atoms with Crippen molar-refractivity contribution in [2.24, 2.45) is 0 Å². The first-order valence-electron chi connectivity index (χ1n) is 11.2. The predicted molar refractivity (Wildman–Crippen MR) is 144 cm³/mol. The van der Waals surface area contributed by atoms with Gasteiger partial charge in [0.2, 0.25) is 10.0 Å². The van der Waals surface area contributed by atoms with Gasteiger partial charge >= 0.3 is 0 Å². The Morgan fingerprint density at radius 2 is 1.69 bits per heavy atom. The van der Waals surface area contributed by atoms with Crippen LogP contribution in [-0.4, -0.2) is 81.0 Å². The summed E-state index contributed by atoms with van der Waals surface area (Å²) in [6.45, 7) is 5.58. The van der Waals surface area contributed by atoms with E-state index in [1.165, 1.54) is 6.33 Å². The second kappa shape index (κ2) is 12.8. The number of benzene rings is 2. The van der Waals surface area contributed by atoms with Crippen molar-refractivity contribution in [3.8, 4) is 0 Å². The van der Waals surface area contributed by atoms with Crippen LogP contribution >= 0.6 is 24.8 Å². The maximum Gasteiger partial charge on any atom is 0.243 e. The van der Waals surface area contributed by atoms with Gasteiger partial charge in [0.15, 0.2) is 0 Å². The average Bonchev–Trinajstić information content (AvgIpc) is 2.84. The first kappa shape index (κ1) is 29.2. The fraction of sp³-hybridized carbons (Fsp3) is 0.417. The monoisotopic (exact) mass is 541 g/mol. The number of halogens is 2. The van der Waals surface area contributed by atoms with Gasteiger partial charge < -0.3 is 9.64 Å². The Balaban J connectivity index is 0.00000216. The van der Waals surface area contributed by atoms with E-state index < -0.39 is 10.0 Å². The zero-order chi connectivity index (χ0) is 23.4. The molecule has 1 unspecified atom stereocenters. The molecular weight excluding hydrogens is 509 g/mol. The first-order valence-corrected chi connectivity index (χ1v) is 12.7. The summed E-state index contributed by atoms with van der Waals surface area (Å²) in [5.41, 5.74) is 1.87. The van der Waals surface area contributed by atoms with Crippen molar-refractivity contribution >= 4 is 51.6 Å². The Hall–Kier alpha value is -2.01. The molecule has 35 heavy (non-hydrogen) atoms. The Morgan fingerprint density at radius 3 is 2.31 bits per heavy atom. The highest BCUT2D eigenvalue weighted by atomic mass is 35.5. The molecule has 0 amide bonds. The van der Waals surface area contributed by atoms with Gasteiger partial charge in [-0.15, -0.1) is 24.8 Å². The van der Waals surface area contributed by atoms with Gasteiger partial charge in [0, 0.05) is 58.8 Å². The van der Waals surface area contributed by atoms with Gasteiger partial charge in [0.1, 0.15) is 12.1 Å². The van der Waals surface area contributed by atoms with Gasteiger partial charge in [-0.1, -0.05) is 30.3 Å². The Kier molecular flexibility index (Phi) is 10.7. The minimum Gasteiger partial charge on any atom is -0.372 e. The standard InChI is InChI=1S/C24H31N5O3S.2ClH/c1-4-32-23(19-8-6-5-7-9-19)17-28-12-14-29(15-13-28)33(30,31)20-10-11-22-21(16-20)24(27(2)3)26-18-25-22;;/h5-11,16,18,23H,4,12-15,17H2,1-3H3;2*1H. The average molecular weight is 543 g/mol. The molecule has 3 aromatic rings. The maximum atomic E-state index is 13.4. The number of piperazine rings is 1. The number of nitrogens with zero attached hydrogens (tertiary/aromatic N) is 5. The molecule has 0 spiro atoms. The van der Waals surface area contributed by atoms with Gasteiger partial charge in [-0.2, -0.15) is 4.31 Å². The summed E-state index contributed by atoms with van der Waals surface area (Å²) in [6.07, 6.45) is 1.47. The highest BCUT2D eigenvalue weighted by molar-refractivity contribution is 7.89. The van der Waals surface area contributed by atoms with Crippen LogP contribution in [0.25, 0.3) is 10.9 Å². The number of fused-ring (bicyclic) bond motifs is 1. The molecule has 0 N–H and O–H groups in total. The zero-order valence-electron chi connectivity index (χ0n) is 20.2. The van der Waals surface area contributed by atoms with Gasteiger partial charge in [0.05, 0.1) is 16.5 Å². The van der Waals surface area contributed by atoms with Crippen molar-refractivity contribution in [3.05, 3.63) is 60.4 Å². The number of hydrogen-bond acceptors (Lipinski definition) is 7. The van der Waals surface area contributed by atoms with E-state index in [1.54, 1.807) is 22.5 Å². The summed E-state index contributed by atoms with van der Waals surface area (Å²) >= 11 is 0. The van der Waals surface area contributed by atoms with Crippen molar-refractivity contribution in [1.82, 2.24) is 19.2 Å². The summed E-state index contributed by atoms with van der Waals surface area (Å²) in [5.74, 6) is 0.699. The molecule has 0 radical (unpaired) electrons. The number of ether oxygens (including phenoxy) is 1. The topological polar surface area (TPSA) is 78.9 Å². The van der Waals surface area contributed by atoms with E-state index in [2.05, 4.69) is 27.0 Å². The summed E-state index contributed by atoms with van der Waals surface area (Å²) < 4.78 is 34.3. The summed E-state index contributed by atoms with van der Waals surface area (Å²) in [5, 5.41) is 0.727. The van der Waals surface area contributed by atoms with Crippen molar-refractivity contribution < 1.29 is 13.2 Å². The largest absolute Gasteiger partial charge is 0.372 e. The molecule has 1 saturated heterocycles. The van der Waals surface area contributed by atoms with E-state index in [0.29, 0.717) is 38.6 Å². The number of sulfonamides is 1. The first-order chi connectivity index (χ1) is 15.9. The van der Waals surface area contributed by atoms with Crippen LogP contribution in [0.3, 0.4) is 0 Å². The van der Waals surface area contributed by atoms with Crippen molar-refractivity contribution in [2.45, 2.75) is 17.9 Å². The third kappa shape index (κ3) is 6.61. The van der Waals surface area contributed by atoms with Gasteiger partial charge in [-0.25, -0.2) is 18.4 Å². The highest BCUT2D eigenvalue weighted by Crippen LogP contribution is 2.27. The number of hydrogen-bond donors (Lipinski definition) is 0. The second-order valence-corrected chi connectivity index (χ2v) is 10.3. The highest BCUT2D eigenvalue weighted by Gasteiger charge is 2.30. The van der Waals surface area contributed by atoms with Crippen LogP contribution in [-0.2, 0) is 14.8 Å². The number of rotatable bonds is 8. The van der Waals surface area contributed by atoms with E-state index in [9.17, 15) is 8.42 Å². The minimum atomic E-state index is -3.61. The second-order valence-electron chi connectivity index (χ2n) is 8.33. The fourth-order valence-electron chi connectivity index (χ4n) is 4.20. The summed E-state index contributed by atoms with van der Waals surface area (Å²) in [4.78, 5) is 13.0. The lowest BCUT2D eigenvalue weighted by Crippen LogP contribution is -2.49. The van der Waals surface area contributed by atoms with Crippen LogP contribution in [0.4, 0.5) is 5.82 Å². The van der Waals surface area contributed by atoms with Crippen molar-refractivity contribution in [3.63, 3.8) is 0 Å². The molecule has 1 aliphatic rings. The lowest BCUT2D eigenvalue weighted by molar-refractivity contribution is 0.0249. The van der Waals surface area contributed by atoms with Crippen LogP contribution in [0.5, 0.6) is 0 Å². The van der Waals surface area contributed by atoms with Crippen molar-refractivity contribution in [1.29, 1.82) is 0 Å². The van der Waals surface area contributed by atoms with Gasteiger partial charge in [-0.3, -0.25) is 4.90 Å². The Morgan fingerprint density at radius 1 is 1.00 bits per heavy atom. The van der Waals surface area contributed by atoms with E-state index >= 15 is 0 Å².